The van der Waals surface area contributed by atoms with Crippen LogP contribution in [0.1, 0.15) is 36.6 Å². The Balaban J connectivity index is 1.66. The van der Waals surface area contributed by atoms with Crippen molar-refractivity contribution >= 4 is 0 Å². The van der Waals surface area contributed by atoms with Gasteiger partial charge >= 0.3 is 0 Å². The van der Waals surface area contributed by atoms with Crippen molar-refractivity contribution in [2.24, 2.45) is 0 Å². The Morgan fingerprint density at radius 3 is 2.41 bits per heavy atom. The van der Waals surface area contributed by atoms with Gasteiger partial charge in [0.05, 0.1) is 33.1 Å². The van der Waals surface area contributed by atoms with E-state index in [4.69, 9.17) is 19.2 Å². The number of aromatic amines is 1. The van der Waals surface area contributed by atoms with Crippen molar-refractivity contribution in [2.75, 3.05) is 27.9 Å². The first-order valence-corrected chi connectivity index (χ1v) is 10.7. The molecule has 3 heterocycles. The number of hydrogen-bond donors (Lipinski definition) is 1. The van der Waals surface area contributed by atoms with Crippen LogP contribution in [0.25, 0.3) is 11.4 Å². The van der Waals surface area contributed by atoms with Crippen LogP contribution in [0.4, 0.5) is 0 Å². The zero-order valence-corrected chi connectivity index (χ0v) is 18.6. The van der Waals surface area contributed by atoms with Gasteiger partial charge in [-0.3, -0.25) is 14.7 Å². The van der Waals surface area contributed by atoms with Crippen molar-refractivity contribution in [1.82, 2.24) is 19.9 Å². The molecular formula is C24H28N4O4. The molecule has 1 N–H and O–H groups in total. The molecular weight excluding hydrogens is 408 g/mol. The number of aromatic nitrogens is 3. The van der Waals surface area contributed by atoms with Gasteiger partial charge in [0, 0.05) is 30.6 Å². The number of pyridine rings is 1. The normalized spacial score (nSPS) is 16.5. The van der Waals surface area contributed by atoms with Crippen LogP contribution in [0.2, 0.25) is 0 Å². The van der Waals surface area contributed by atoms with E-state index in [1.54, 1.807) is 39.8 Å². The lowest BCUT2D eigenvalue weighted by molar-refractivity contribution is 0.137. The first-order valence-electron chi connectivity index (χ1n) is 10.7. The number of methoxy groups -OCH3 is 3. The zero-order chi connectivity index (χ0) is 22.5. The molecule has 0 radical (unpaired) electrons. The van der Waals surface area contributed by atoms with Gasteiger partial charge in [-0.15, -0.1) is 0 Å². The molecule has 1 aliphatic rings. The monoisotopic (exact) mass is 436 g/mol. The molecule has 168 valence electrons. The molecule has 8 heteroatoms. The predicted octanol–water partition coefficient (Wildman–Crippen LogP) is 3.58. The molecule has 1 aliphatic heterocycles. The highest BCUT2D eigenvalue weighted by Gasteiger charge is 2.27. The third kappa shape index (κ3) is 4.60. The van der Waals surface area contributed by atoms with E-state index in [1.165, 1.54) is 0 Å². The zero-order valence-electron chi connectivity index (χ0n) is 18.6. The summed E-state index contributed by atoms with van der Waals surface area (Å²) in [6.45, 7) is 1.60. The molecule has 1 saturated heterocycles. The predicted molar refractivity (Wildman–Crippen MR) is 121 cm³/mol. The second kappa shape index (κ2) is 9.82. The Hall–Kier alpha value is -3.39. The Morgan fingerprint density at radius 1 is 1.03 bits per heavy atom. The molecule has 0 spiro atoms. The number of H-pyrrole nitrogens is 1. The van der Waals surface area contributed by atoms with Crippen molar-refractivity contribution in [3.8, 4) is 28.6 Å². The molecule has 4 rings (SSSR count). The SMILES string of the molecule is COc1cc(CN2CCCC[C@@H]2c2cc(=O)[nH]c(-c3ccncc3)n2)cc(OC)c1OC. The van der Waals surface area contributed by atoms with E-state index >= 15 is 0 Å². The van der Waals surface area contributed by atoms with E-state index in [9.17, 15) is 4.79 Å². The molecule has 0 aliphatic carbocycles. The largest absolute Gasteiger partial charge is 0.493 e. The van der Waals surface area contributed by atoms with E-state index in [0.717, 1.165) is 42.6 Å². The topological polar surface area (TPSA) is 89.6 Å². The van der Waals surface area contributed by atoms with E-state index in [-0.39, 0.29) is 11.6 Å². The highest BCUT2D eigenvalue weighted by Crippen LogP contribution is 2.39. The fourth-order valence-corrected chi connectivity index (χ4v) is 4.27. The second-order valence-corrected chi connectivity index (χ2v) is 7.77. The molecule has 0 unspecified atom stereocenters. The first kappa shape index (κ1) is 21.8. The Kier molecular flexibility index (Phi) is 6.70. The summed E-state index contributed by atoms with van der Waals surface area (Å²) in [6, 6.07) is 9.29. The summed E-state index contributed by atoms with van der Waals surface area (Å²) in [5.74, 6) is 2.40. The van der Waals surface area contributed by atoms with Gasteiger partial charge in [-0.2, -0.15) is 0 Å². The number of benzene rings is 1. The number of likely N-dealkylation sites (tertiary alicyclic amines) is 1. The van der Waals surface area contributed by atoms with Crippen LogP contribution in [-0.4, -0.2) is 47.7 Å². The van der Waals surface area contributed by atoms with Gasteiger partial charge in [0.25, 0.3) is 5.56 Å². The van der Waals surface area contributed by atoms with Gasteiger partial charge in [-0.25, -0.2) is 4.98 Å². The van der Waals surface area contributed by atoms with E-state index in [0.29, 0.717) is 29.6 Å². The Labute approximate surface area is 187 Å². The van der Waals surface area contributed by atoms with Crippen molar-refractivity contribution in [2.45, 2.75) is 31.8 Å². The molecule has 1 aromatic carbocycles. The average molecular weight is 437 g/mol. The summed E-state index contributed by atoms with van der Waals surface area (Å²) >= 11 is 0. The molecule has 1 atom stereocenters. The van der Waals surface area contributed by atoms with E-state index in [2.05, 4.69) is 14.9 Å². The summed E-state index contributed by atoms with van der Waals surface area (Å²) < 4.78 is 16.5. The number of nitrogens with zero attached hydrogens (tertiary/aromatic N) is 3. The quantitative estimate of drug-likeness (QED) is 0.605. The standard InChI is InChI=1S/C24H28N4O4/c1-30-20-12-16(13-21(31-2)23(20)32-3)15-28-11-5-4-6-19(28)18-14-22(29)27-24(26-18)17-7-9-25-10-8-17/h7-10,12-14,19H,4-6,11,15H2,1-3H3,(H,26,27,29)/t19-/m1/s1. The molecule has 1 fully saturated rings. The number of nitrogens with one attached hydrogen (secondary N) is 1. The highest BCUT2D eigenvalue weighted by molar-refractivity contribution is 5.54. The van der Waals surface area contributed by atoms with Gasteiger partial charge in [-0.1, -0.05) is 6.42 Å². The van der Waals surface area contributed by atoms with Crippen molar-refractivity contribution in [3.05, 3.63) is 64.3 Å². The summed E-state index contributed by atoms with van der Waals surface area (Å²) in [5, 5.41) is 0. The summed E-state index contributed by atoms with van der Waals surface area (Å²) in [4.78, 5) is 26.5. The molecule has 8 nitrogen and oxygen atoms in total. The lowest BCUT2D eigenvalue weighted by atomic mass is 9.98. The second-order valence-electron chi connectivity index (χ2n) is 7.77. The van der Waals surface area contributed by atoms with Crippen LogP contribution in [0.3, 0.4) is 0 Å². The molecule has 3 aromatic rings. The number of rotatable bonds is 7. The molecule has 0 amide bonds. The Morgan fingerprint density at radius 2 is 1.75 bits per heavy atom. The molecule has 2 aromatic heterocycles. The van der Waals surface area contributed by atoms with Crippen LogP contribution < -0.4 is 19.8 Å². The van der Waals surface area contributed by atoms with Crippen molar-refractivity contribution in [3.63, 3.8) is 0 Å². The number of piperidine rings is 1. The lowest BCUT2D eigenvalue weighted by Gasteiger charge is -2.35. The van der Waals surface area contributed by atoms with Crippen LogP contribution in [0.15, 0.2) is 47.5 Å². The molecule has 32 heavy (non-hydrogen) atoms. The maximum Gasteiger partial charge on any atom is 0.251 e. The minimum atomic E-state index is -0.153. The lowest BCUT2D eigenvalue weighted by Crippen LogP contribution is -2.34. The van der Waals surface area contributed by atoms with Crippen molar-refractivity contribution in [1.29, 1.82) is 0 Å². The van der Waals surface area contributed by atoms with Gasteiger partial charge in [-0.05, 0) is 49.2 Å². The van der Waals surface area contributed by atoms with Crippen LogP contribution in [0.5, 0.6) is 17.2 Å². The number of ether oxygens (including phenoxy) is 3. The maximum atomic E-state index is 12.5. The van der Waals surface area contributed by atoms with Crippen molar-refractivity contribution < 1.29 is 14.2 Å². The van der Waals surface area contributed by atoms with Gasteiger partial charge in [0.15, 0.2) is 11.5 Å². The van der Waals surface area contributed by atoms with Gasteiger partial charge in [0.2, 0.25) is 5.75 Å². The maximum absolute atomic E-state index is 12.5. The summed E-state index contributed by atoms with van der Waals surface area (Å²) in [6.07, 6.45) is 6.52. The van der Waals surface area contributed by atoms with E-state index in [1.807, 2.05) is 24.3 Å². The minimum absolute atomic E-state index is 0.0470. The van der Waals surface area contributed by atoms with Crippen LogP contribution in [0, 0.1) is 0 Å². The smallest absolute Gasteiger partial charge is 0.251 e. The third-order valence-electron chi connectivity index (χ3n) is 5.78. The molecule has 0 bridgehead atoms. The minimum Gasteiger partial charge on any atom is -0.493 e. The van der Waals surface area contributed by atoms with Crippen LogP contribution >= 0.6 is 0 Å². The van der Waals surface area contributed by atoms with Crippen LogP contribution in [-0.2, 0) is 6.54 Å². The third-order valence-corrected chi connectivity index (χ3v) is 5.78. The first-order chi connectivity index (χ1) is 15.6. The van der Waals surface area contributed by atoms with Gasteiger partial charge in [0.1, 0.15) is 5.82 Å². The Bertz CT molecular complexity index is 1090. The van der Waals surface area contributed by atoms with Gasteiger partial charge < -0.3 is 19.2 Å². The fourth-order valence-electron chi connectivity index (χ4n) is 4.27. The average Bonchev–Trinajstić information content (AvgIpc) is 2.83. The molecule has 0 saturated carbocycles. The highest BCUT2D eigenvalue weighted by atomic mass is 16.5. The summed E-state index contributed by atoms with van der Waals surface area (Å²) in [7, 11) is 4.83. The summed E-state index contributed by atoms with van der Waals surface area (Å²) in [5.41, 5.74) is 2.52. The van der Waals surface area contributed by atoms with E-state index < -0.39 is 0 Å². The number of hydrogen-bond acceptors (Lipinski definition) is 7. The fraction of sp³-hybridized carbons (Fsp3) is 0.375.